The number of rotatable bonds is 3. The molecule has 0 aliphatic rings. The van der Waals surface area contributed by atoms with Crippen molar-refractivity contribution < 1.29 is 5.11 Å². The van der Waals surface area contributed by atoms with E-state index in [0.29, 0.717) is 5.76 Å². The Hall–Kier alpha value is -0.590. The number of hydrogen-bond acceptors (Lipinski definition) is 1. The van der Waals surface area contributed by atoms with Gasteiger partial charge in [0.25, 0.3) is 5.76 Å². The zero-order valence-electron chi connectivity index (χ0n) is 14.1. The van der Waals surface area contributed by atoms with Crippen LogP contribution in [0.25, 0.3) is 0 Å². The van der Waals surface area contributed by atoms with Crippen molar-refractivity contribution in [1.29, 1.82) is 0 Å². The maximum absolute atomic E-state index is 10.3. The standard InChI is InChI=1S/C17H32O/c1-14(2,3)16(7,8)11-13(18)12-17(9,10)15(4,5)6/h11-12H,1-10H3/p+1. The van der Waals surface area contributed by atoms with Crippen molar-refractivity contribution in [2.45, 2.75) is 69.2 Å². The lowest BCUT2D eigenvalue weighted by atomic mass is 9.65. The van der Waals surface area contributed by atoms with Crippen molar-refractivity contribution in [3.8, 4) is 0 Å². The number of allylic oxidation sites excluding steroid dienone is 2. The van der Waals surface area contributed by atoms with Crippen LogP contribution in [0, 0.1) is 28.1 Å². The first-order chi connectivity index (χ1) is 7.60. The molecule has 1 nitrogen and oxygen atoms in total. The first-order valence-corrected chi connectivity index (χ1v) is 6.88. The SMILES string of the molecule is CC(C)(C)C(C)(C)C=C(O)[CH+]C(C)(C)C(C)(C)C. The highest BCUT2D eigenvalue weighted by atomic mass is 16.3. The molecule has 0 fully saturated rings. The van der Waals surface area contributed by atoms with Crippen molar-refractivity contribution in [1.82, 2.24) is 0 Å². The van der Waals surface area contributed by atoms with E-state index >= 15 is 0 Å². The summed E-state index contributed by atoms with van der Waals surface area (Å²) in [7, 11) is 0. The molecule has 106 valence electrons. The molecule has 0 atom stereocenters. The van der Waals surface area contributed by atoms with E-state index in [1.807, 2.05) is 12.5 Å². The second-order valence-electron chi connectivity index (χ2n) is 8.66. The summed E-state index contributed by atoms with van der Waals surface area (Å²) in [5, 5.41) is 10.3. The highest BCUT2D eigenvalue weighted by Crippen LogP contribution is 2.44. The molecule has 0 aliphatic heterocycles. The molecule has 0 aromatic heterocycles. The molecule has 0 saturated carbocycles. The number of aliphatic hydroxyl groups excluding tert-OH is 1. The van der Waals surface area contributed by atoms with E-state index in [4.69, 9.17) is 0 Å². The van der Waals surface area contributed by atoms with E-state index in [2.05, 4.69) is 69.2 Å². The van der Waals surface area contributed by atoms with Crippen molar-refractivity contribution >= 4 is 0 Å². The minimum Gasteiger partial charge on any atom is -0.478 e. The number of aliphatic hydroxyl groups is 1. The molecule has 0 radical (unpaired) electrons. The molecular weight excluding hydrogens is 220 g/mol. The smallest absolute Gasteiger partial charge is 0.274 e. The van der Waals surface area contributed by atoms with Crippen LogP contribution in [0.1, 0.15) is 69.2 Å². The Morgan fingerprint density at radius 2 is 1.17 bits per heavy atom. The van der Waals surface area contributed by atoms with Crippen LogP contribution in [0.3, 0.4) is 0 Å². The Balaban J connectivity index is 5.06. The third-order valence-electron chi connectivity index (χ3n) is 4.88. The van der Waals surface area contributed by atoms with E-state index in [9.17, 15) is 5.11 Å². The van der Waals surface area contributed by atoms with Crippen LogP contribution in [0.5, 0.6) is 0 Å². The van der Waals surface area contributed by atoms with E-state index in [1.54, 1.807) is 0 Å². The fourth-order valence-corrected chi connectivity index (χ4v) is 1.21. The van der Waals surface area contributed by atoms with Gasteiger partial charge < -0.3 is 5.11 Å². The molecule has 0 saturated heterocycles. The van der Waals surface area contributed by atoms with E-state index < -0.39 is 0 Å². The lowest BCUT2D eigenvalue weighted by Gasteiger charge is -2.35. The molecule has 0 heterocycles. The summed E-state index contributed by atoms with van der Waals surface area (Å²) in [5.74, 6) is 0.398. The van der Waals surface area contributed by atoms with Gasteiger partial charge in [0.1, 0.15) is 0 Å². The molecule has 0 aromatic rings. The summed E-state index contributed by atoms with van der Waals surface area (Å²) in [6.07, 6.45) is 3.97. The zero-order chi connectivity index (χ0) is 15.0. The first-order valence-electron chi connectivity index (χ1n) is 6.88. The molecule has 0 aliphatic carbocycles. The van der Waals surface area contributed by atoms with Gasteiger partial charge >= 0.3 is 0 Å². The highest BCUT2D eigenvalue weighted by molar-refractivity contribution is 5.16. The molecule has 0 aromatic carbocycles. The maximum atomic E-state index is 10.3. The van der Waals surface area contributed by atoms with Gasteiger partial charge in [0, 0.05) is 0 Å². The van der Waals surface area contributed by atoms with Gasteiger partial charge in [-0.1, -0.05) is 41.5 Å². The summed E-state index contributed by atoms with van der Waals surface area (Å²) in [4.78, 5) is 0. The largest absolute Gasteiger partial charge is 0.478 e. The van der Waals surface area contributed by atoms with Crippen molar-refractivity contribution in [2.24, 2.45) is 21.7 Å². The van der Waals surface area contributed by atoms with Gasteiger partial charge in [0.05, 0.1) is 23.3 Å². The van der Waals surface area contributed by atoms with Gasteiger partial charge in [-0.3, -0.25) is 0 Å². The van der Waals surface area contributed by atoms with Gasteiger partial charge in [-0.05, 0) is 38.5 Å². The third kappa shape index (κ3) is 4.26. The lowest BCUT2D eigenvalue weighted by molar-refractivity contribution is 0.157. The Morgan fingerprint density at radius 1 is 0.778 bits per heavy atom. The normalized spacial score (nSPS) is 15.8. The van der Waals surface area contributed by atoms with Crippen molar-refractivity contribution in [2.75, 3.05) is 0 Å². The van der Waals surface area contributed by atoms with Crippen LogP contribution >= 0.6 is 0 Å². The second-order valence-corrected chi connectivity index (χ2v) is 8.66. The number of hydrogen-bond donors (Lipinski definition) is 1. The average molecular weight is 253 g/mol. The zero-order valence-corrected chi connectivity index (χ0v) is 14.1. The van der Waals surface area contributed by atoms with Crippen LogP contribution in [-0.4, -0.2) is 5.11 Å². The van der Waals surface area contributed by atoms with Crippen LogP contribution in [0.4, 0.5) is 0 Å². The van der Waals surface area contributed by atoms with Crippen molar-refractivity contribution in [3.05, 3.63) is 18.3 Å². The maximum Gasteiger partial charge on any atom is 0.274 e. The van der Waals surface area contributed by atoms with E-state index in [1.165, 1.54) is 0 Å². The highest BCUT2D eigenvalue weighted by Gasteiger charge is 2.41. The lowest BCUT2D eigenvalue weighted by Crippen LogP contribution is -2.32. The predicted molar refractivity (Wildman–Crippen MR) is 81.5 cm³/mol. The molecule has 0 amide bonds. The van der Waals surface area contributed by atoms with Gasteiger partial charge in [0.2, 0.25) is 0 Å². The summed E-state index contributed by atoms with van der Waals surface area (Å²) in [5.41, 5.74) is 0.171. The van der Waals surface area contributed by atoms with E-state index in [-0.39, 0.29) is 21.7 Å². The van der Waals surface area contributed by atoms with Gasteiger partial charge in [-0.2, -0.15) is 0 Å². The summed E-state index contributed by atoms with van der Waals surface area (Å²) < 4.78 is 0. The molecule has 1 heteroatoms. The van der Waals surface area contributed by atoms with Gasteiger partial charge in [-0.15, -0.1) is 0 Å². The fourth-order valence-electron chi connectivity index (χ4n) is 1.21. The second kappa shape index (κ2) is 4.83. The third-order valence-corrected chi connectivity index (χ3v) is 4.88. The molecular formula is C17H33O+. The quantitative estimate of drug-likeness (QED) is 0.499. The molecule has 18 heavy (non-hydrogen) atoms. The Morgan fingerprint density at radius 3 is 1.44 bits per heavy atom. The Kier molecular flexibility index (Phi) is 4.67. The van der Waals surface area contributed by atoms with Crippen LogP contribution in [-0.2, 0) is 0 Å². The summed E-state index contributed by atoms with van der Waals surface area (Å²) in [6.45, 7) is 21.9. The van der Waals surface area contributed by atoms with Gasteiger partial charge in [-0.25, -0.2) is 0 Å². The van der Waals surface area contributed by atoms with Crippen LogP contribution < -0.4 is 0 Å². The minimum atomic E-state index is -0.0401. The summed E-state index contributed by atoms with van der Waals surface area (Å²) in [6, 6.07) is 0. The molecule has 0 spiro atoms. The first kappa shape index (κ1) is 17.4. The molecule has 0 rings (SSSR count). The molecule has 1 N–H and O–H groups in total. The Labute approximate surface area is 115 Å². The monoisotopic (exact) mass is 253 g/mol. The topological polar surface area (TPSA) is 20.2 Å². The minimum absolute atomic E-state index is 0.0401. The average Bonchev–Trinajstić information content (AvgIpc) is 1.95. The van der Waals surface area contributed by atoms with E-state index in [0.717, 1.165) is 0 Å². The van der Waals surface area contributed by atoms with Crippen LogP contribution in [0.15, 0.2) is 11.8 Å². The molecule has 0 unspecified atom stereocenters. The van der Waals surface area contributed by atoms with Crippen LogP contribution in [0.2, 0.25) is 0 Å². The predicted octanol–water partition coefficient (Wildman–Crippen LogP) is 5.78. The van der Waals surface area contributed by atoms with Crippen molar-refractivity contribution in [3.63, 3.8) is 0 Å². The Bertz CT molecular complexity index is 305. The molecule has 0 bridgehead atoms. The summed E-state index contributed by atoms with van der Waals surface area (Å²) >= 11 is 0. The fraction of sp³-hybridized carbons (Fsp3) is 0.824. The van der Waals surface area contributed by atoms with Gasteiger partial charge in [0.15, 0.2) is 0 Å².